The van der Waals surface area contributed by atoms with E-state index in [4.69, 9.17) is 10.5 Å². The van der Waals surface area contributed by atoms with Crippen molar-refractivity contribution < 1.29 is 13.2 Å². The second kappa shape index (κ2) is 6.13. The topological polar surface area (TPSA) is 81.4 Å². The molecule has 1 saturated heterocycles. The first-order valence-corrected chi connectivity index (χ1v) is 7.83. The molecule has 0 aromatic heterocycles. The van der Waals surface area contributed by atoms with Gasteiger partial charge >= 0.3 is 0 Å². The Hall–Kier alpha value is -0.170. The highest BCUT2D eigenvalue weighted by Crippen LogP contribution is 2.16. The van der Waals surface area contributed by atoms with Gasteiger partial charge in [0.2, 0.25) is 10.0 Å². The molecule has 1 rings (SSSR count). The minimum Gasteiger partial charge on any atom is -0.381 e. The van der Waals surface area contributed by atoms with Crippen LogP contribution in [-0.4, -0.2) is 39.0 Å². The Balaban J connectivity index is 2.54. The van der Waals surface area contributed by atoms with Crippen LogP contribution in [0.4, 0.5) is 0 Å². The van der Waals surface area contributed by atoms with Gasteiger partial charge in [-0.2, -0.15) is 0 Å². The molecule has 0 amide bonds. The van der Waals surface area contributed by atoms with Gasteiger partial charge in [-0.15, -0.1) is 0 Å². The maximum Gasteiger partial charge on any atom is 0.214 e. The van der Waals surface area contributed by atoms with Gasteiger partial charge in [0.25, 0.3) is 0 Å². The fourth-order valence-electron chi connectivity index (χ4n) is 1.85. The molecule has 0 bridgehead atoms. The van der Waals surface area contributed by atoms with Gasteiger partial charge in [0.15, 0.2) is 0 Å². The van der Waals surface area contributed by atoms with E-state index in [1.54, 1.807) is 0 Å². The molecule has 1 heterocycles. The molecule has 3 N–H and O–H groups in total. The van der Waals surface area contributed by atoms with Gasteiger partial charge in [0.05, 0.1) is 5.25 Å². The van der Waals surface area contributed by atoms with E-state index in [2.05, 4.69) is 4.72 Å². The molecule has 1 aliphatic heterocycles. The van der Waals surface area contributed by atoms with Crippen LogP contribution in [0.1, 0.15) is 39.5 Å². The number of hydrogen-bond donors (Lipinski definition) is 2. The van der Waals surface area contributed by atoms with Crippen molar-refractivity contribution >= 4 is 10.0 Å². The van der Waals surface area contributed by atoms with Crippen LogP contribution in [-0.2, 0) is 14.8 Å². The van der Waals surface area contributed by atoms with Crippen LogP contribution in [0, 0.1) is 0 Å². The van der Waals surface area contributed by atoms with E-state index in [0.29, 0.717) is 32.6 Å². The quantitative estimate of drug-likeness (QED) is 0.736. The van der Waals surface area contributed by atoms with E-state index in [1.807, 2.05) is 13.8 Å². The average Bonchev–Trinajstić information content (AvgIpc) is 2.37. The Morgan fingerprint density at radius 3 is 2.29 bits per heavy atom. The molecule has 0 saturated carbocycles. The number of rotatable bonds is 6. The molecule has 0 unspecified atom stereocenters. The predicted molar refractivity (Wildman–Crippen MR) is 68.3 cm³/mol. The van der Waals surface area contributed by atoms with Crippen molar-refractivity contribution in [3.05, 3.63) is 0 Å². The van der Waals surface area contributed by atoms with Crippen molar-refractivity contribution in [2.24, 2.45) is 5.73 Å². The predicted octanol–water partition coefficient (Wildman–Crippen LogP) is 0.602. The van der Waals surface area contributed by atoms with Crippen molar-refractivity contribution in [1.82, 2.24) is 4.72 Å². The summed E-state index contributed by atoms with van der Waals surface area (Å²) < 4.78 is 31.9. The average molecular weight is 264 g/mol. The van der Waals surface area contributed by atoms with Crippen LogP contribution in [0.3, 0.4) is 0 Å². The zero-order valence-corrected chi connectivity index (χ0v) is 11.6. The van der Waals surface area contributed by atoms with Crippen molar-refractivity contribution in [2.75, 3.05) is 19.8 Å². The molecule has 102 valence electrons. The summed E-state index contributed by atoms with van der Waals surface area (Å²) in [6.07, 6.45) is 2.68. The molecular formula is C11H24N2O3S. The Bertz CT molecular complexity index is 320. The molecule has 0 aromatic carbocycles. The lowest BCUT2D eigenvalue weighted by atomic mass is 9.95. The number of ether oxygens (including phenoxy) is 1. The smallest absolute Gasteiger partial charge is 0.214 e. The largest absolute Gasteiger partial charge is 0.381 e. The molecule has 1 fully saturated rings. The van der Waals surface area contributed by atoms with Gasteiger partial charge in [-0.05, 0) is 25.7 Å². The molecule has 0 spiro atoms. The lowest BCUT2D eigenvalue weighted by molar-refractivity contribution is 0.0981. The molecular weight excluding hydrogens is 240 g/mol. The van der Waals surface area contributed by atoms with Gasteiger partial charge in [-0.3, -0.25) is 0 Å². The first kappa shape index (κ1) is 14.9. The van der Waals surface area contributed by atoms with Crippen molar-refractivity contribution in [3.63, 3.8) is 0 Å². The minimum absolute atomic E-state index is 0.319. The third kappa shape index (κ3) is 4.21. The van der Waals surface area contributed by atoms with Crippen LogP contribution >= 0.6 is 0 Å². The lowest BCUT2D eigenvalue weighted by Gasteiger charge is -2.29. The summed E-state index contributed by atoms with van der Waals surface area (Å²) in [6, 6.07) is 0. The van der Waals surface area contributed by atoms with E-state index in [-0.39, 0.29) is 5.25 Å². The van der Waals surface area contributed by atoms with Crippen LogP contribution in [0.25, 0.3) is 0 Å². The van der Waals surface area contributed by atoms with E-state index < -0.39 is 15.6 Å². The van der Waals surface area contributed by atoms with Crippen LogP contribution in [0.15, 0.2) is 0 Å². The molecule has 17 heavy (non-hydrogen) atoms. The molecule has 0 atom stereocenters. The Labute approximate surface area is 104 Å². The fourth-order valence-corrected chi connectivity index (χ4v) is 3.39. The first-order chi connectivity index (χ1) is 7.93. The zero-order valence-electron chi connectivity index (χ0n) is 10.7. The highest BCUT2D eigenvalue weighted by atomic mass is 32.2. The SMILES string of the molecule is CCC(N)(CC)CNS(=O)(=O)C1CCOCC1. The second-order valence-electron chi connectivity index (χ2n) is 4.75. The van der Waals surface area contributed by atoms with Crippen LogP contribution in [0.2, 0.25) is 0 Å². The van der Waals surface area contributed by atoms with E-state index in [9.17, 15) is 8.42 Å². The standard InChI is InChI=1S/C11H24N2O3S/c1-3-11(12,4-2)9-13-17(14,15)10-5-7-16-8-6-10/h10,13H,3-9,12H2,1-2H3. The molecule has 6 heteroatoms. The Kier molecular flexibility index (Phi) is 5.37. The van der Waals surface area contributed by atoms with Crippen molar-refractivity contribution in [3.8, 4) is 0 Å². The molecule has 1 aliphatic rings. The molecule has 0 radical (unpaired) electrons. The monoisotopic (exact) mass is 264 g/mol. The van der Waals surface area contributed by atoms with Gasteiger partial charge < -0.3 is 10.5 Å². The normalized spacial score (nSPS) is 19.5. The summed E-state index contributed by atoms with van der Waals surface area (Å²) in [4.78, 5) is 0. The number of nitrogens with one attached hydrogen (secondary N) is 1. The Morgan fingerprint density at radius 1 is 1.29 bits per heavy atom. The summed E-state index contributed by atoms with van der Waals surface area (Å²) in [5, 5.41) is -0.325. The fraction of sp³-hybridized carbons (Fsp3) is 1.00. The van der Waals surface area contributed by atoms with E-state index in [1.165, 1.54) is 0 Å². The number of sulfonamides is 1. The third-order valence-electron chi connectivity index (χ3n) is 3.64. The summed E-state index contributed by atoms with van der Waals surface area (Å²) >= 11 is 0. The van der Waals surface area contributed by atoms with Gasteiger partial charge in [0.1, 0.15) is 0 Å². The van der Waals surface area contributed by atoms with Gasteiger partial charge in [-0.25, -0.2) is 13.1 Å². The molecule has 5 nitrogen and oxygen atoms in total. The highest BCUT2D eigenvalue weighted by Gasteiger charge is 2.30. The van der Waals surface area contributed by atoms with Crippen molar-refractivity contribution in [2.45, 2.75) is 50.3 Å². The van der Waals surface area contributed by atoms with E-state index >= 15 is 0 Å². The summed E-state index contributed by atoms with van der Waals surface area (Å²) in [7, 11) is -3.25. The van der Waals surface area contributed by atoms with Crippen LogP contribution in [0.5, 0.6) is 0 Å². The highest BCUT2D eigenvalue weighted by molar-refractivity contribution is 7.90. The van der Waals surface area contributed by atoms with Crippen molar-refractivity contribution in [1.29, 1.82) is 0 Å². The lowest BCUT2D eigenvalue weighted by Crippen LogP contribution is -2.51. The zero-order chi connectivity index (χ0) is 12.9. The summed E-state index contributed by atoms with van der Waals surface area (Å²) in [5.41, 5.74) is 5.65. The minimum atomic E-state index is -3.25. The number of nitrogens with two attached hydrogens (primary N) is 1. The molecule has 0 aliphatic carbocycles. The summed E-state index contributed by atoms with van der Waals surface area (Å²) in [6.45, 7) is 5.33. The summed E-state index contributed by atoms with van der Waals surface area (Å²) in [5.74, 6) is 0. The van der Waals surface area contributed by atoms with Crippen LogP contribution < -0.4 is 10.5 Å². The maximum absolute atomic E-state index is 12.0. The maximum atomic E-state index is 12.0. The van der Waals surface area contributed by atoms with Gasteiger partial charge in [0, 0.05) is 25.3 Å². The Morgan fingerprint density at radius 2 is 1.82 bits per heavy atom. The first-order valence-electron chi connectivity index (χ1n) is 6.28. The second-order valence-corrected chi connectivity index (χ2v) is 6.79. The third-order valence-corrected chi connectivity index (χ3v) is 5.54. The number of hydrogen-bond acceptors (Lipinski definition) is 4. The molecule has 0 aromatic rings. The van der Waals surface area contributed by atoms with Gasteiger partial charge in [-0.1, -0.05) is 13.8 Å². The van der Waals surface area contributed by atoms with E-state index in [0.717, 1.165) is 12.8 Å².